The highest BCUT2D eigenvalue weighted by atomic mass is 35.5. The predicted octanol–water partition coefficient (Wildman–Crippen LogP) is 2.02. The highest BCUT2D eigenvalue weighted by Gasteiger charge is 2.13. The topological polar surface area (TPSA) is 49.4 Å². The fraction of sp³-hybridized carbons (Fsp3) is 0.500. The van der Waals surface area contributed by atoms with Gasteiger partial charge in [0.2, 0.25) is 10.0 Å². The molecule has 0 spiro atoms. The van der Waals surface area contributed by atoms with Crippen molar-refractivity contribution in [2.24, 2.45) is 0 Å². The molecule has 1 rings (SSSR count). The lowest BCUT2D eigenvalue weighted by Gasteiger charge is -2.25. The van der Waals surface area contributed by atoms with Crippen LogP contribution in [0.15, 0.2) is 18.2 Å². The van der Waals surface area contributed by atoms with Gasteiger partial charge in [-0.1, -0.05) is 17.7 Å². The molecule has 0 aliphatic carbocycles. The second kappa shape index (κ2) is 6.65. The average molecular weight is 309 g/mol. The molecule has 0 amide bonds. The van der Waals surface area contributed by atoms with Crippen LogP contribution in [-0.4, -0.2) is 39.7 Å². The van der Waals surface area contributed by atoms with Crippen molar-refractivity contribution in [2.45, 2.75) is 13.0 Å². The van der Waals surface area contributed by atoms with Crippen molar-refractivity contribution in [3.8, 4) is 0 Å². The maximum Gasteiger partial charge on any atom is 0.208 e. The van der Waals surface area contributed by atoms with Crippen molar-refractivity contribution in [3.05, 3.63) is 34.6 Å². The normalized spacial score (nSPS) is 13.8. The van der Waals surface area contributed by atoms with Crippen molar-refractivity contribution in [1.29, 1.82) is 0 Å². The van der Waals surface area contributed by atoms with Gasteiger partial charge in [-0.25, -0.2) is 17.5 Å². The molecule has 0 radical (unpaired) electrons. The maximum atomic E-state index is 13.1. The molecule has 1 atom stereocenters. The number of hydrogen-bond acceptors (Lipinski definition) is 3. The maximum absolute atomic E-state index is 13.1. The molecule has 0 aliphatic heterocycles. The molecule has 0 saturated heterocycles. The van der Waals surface area contributed by atoms with E-state index < -0.39 is 15.8 Å². The Morgan fingerprint density at radius 1 is 1.47 bits per heavy atom. The van der Waals surface area contributed by atoms with Crippen LogP contribution in [0.4, 0.5) is 4.39 Å². The second-order valence-corrected chi connectivity index (χ2v) is 6.74. The quantitative estimate of drug-likeness (QED) is 0.875. The number of halogens is 2. The number of rotatable bonds is 6. The lowest BCUT2D eigenvalue weighted by Crippen LogP contribution is -2.33. The first-order valence-electron chi connectivity index (χ1n) is 5.80. The summed E-state index contributed by atoms with van der Waals surface area (Å²) in [5, 5.41) is 0.0898. The van der Waals surface area contributed by atoms with E-state index in [4.69, 9.17) is 11.6 Å². The van der Waals surface area contributed by atoms with Gasteiger partial charge in [0.15, 0.2) is 0 Å². The summed E-state index contributed by atoms with van der Waals surface area (Å²) in [5.41, 5.74) is 0.883. The largest absolute Gasteiger partial charge is 0.298 e. The molecule has 0 unspecified atom stereocenters. The minimum Gasteiger partial charge on any atom is -0.298 e. The first-order chi connectivity index (χ1) is 8.70. The van der Waals surface area contributed by atoms with Gasteiger partial charge in [-0.3, -0.25) is 4.90 Å². The zero-order valence-corrected chi connectivity index (χ0v) is 12.7. The Labute approximate surface area is 118 Å². The summed E-state index contributed by atoms with van der Waals surface area (Å²) in [4.78, 5) is 1.96. The van der Waals surface area contributed by atoms with Gasteiger partial charge in [0.1, 0.15) is 5.82 Å². The average Bonchev–Trinajstić information content (AvgIpc) is 2.30. The summed E-state index contributed by atoms with van der Waals surface area (Å²) in [5.74, 6) is -0.445. The first-order valence-corrected chi connectivity index (χ1v) is 8.07. The molecule has 19 heavy (non-hydrogen) atoms. The molecule has 7 heteroatoms. The smallest absolute Gasteiger partial charge is 0.208 e. The van der Waals surface area contributed by atoms with Gasteiger partial charge in [-0.05, 0) is 31.7 Å². The third-order valence-corrected chi connectivity index (χ3v) is 3.93. The molecule has 0 bridgehead atoms. The lowest BCUT2D eigenvalue weighted by atomic mass is 10.1. The van der Waals surface area contributed by atoms with Crippen LogP contribution in [0.1, 0.15) is 18.5 Å². The van der Waals surface area contributed by atoms with E-state index in [0.29, 0.717) is 13.1 Å². The fourth-order valence-electron chi connectivity index (χ4n) is 1.63. The van der Waals surface area contributed by atoms with Crippen LogP contribution in [0.5, 0.6) is 0 Å². The number of benzene rings is 1. The molecule has 0 saturated carbocycles. The zero-order valence-electron chi connectivity index (χ0n) is 11.2. The Kier molecular flexibility index (Phi) is 5.73. The molecular formula is C12H18ClFN2O2S. The van der Waals surface area contributed by atoms with Crippen molar-refractivity contribution < 1.29 is 12.8 Å². The molecule has 0 aliphatic rings. The van der Waals surface area contributed by atoms with Gasteiger partial charge >= 0.3 is 0 Å². The Morgan fingerprint density at radius 3 is 2.63 bits per heavy atom. The van der Waals surface area contributed by atoms with Crippen LogP contribution in [0.25, 0.3) is 0 Å². The highest BCUT2D eigenvalue weighted by Crippen LogP contribution is 2.23. The third kappa shape index (κ3) is 5.44. The molecule has 1 aromatic carbocycles. The van der Waals surface area contributed by atoms with E-state index in [1.807, 2.05) is 18.9 Å². The molecule has 1 aromatic rings. The van der Waals surface area contributed by atoms with Crippen LogP contribution in [0.2, 0.25) is 5.02 Å². The van der Waals surface area contributed by atoms with Crippen LogP contribution in [0, 0.1) is 5.82 Å². The molecule has 108 valence electrons. The molecule has 1 N–H and O–H groups in total. The van der Waals surface area contributed by atoms with Crippen LogP contribution in [0.3, 0.4) is 0 Å². The summed E-state index contributed by atoms with van der Waals surface area (Å²) in [6.07, 6.45) is 1.12. The molecule has 0 heterocycles. The van der Waals surface area contributed by atoms with Gasteiger partial charge in [-0.15, -0.1) is 0 Å². The number of sulfonamides is 1. The van der Waals surface area contributed by atoms with Crippen molar-refractivity contribution >= 4 is 21.6 Å². The van der Waals surface area contributed by atoms with Crippen LogP contribution >= 0.6 is 11.6 Å². The Hall–Kier alpha value is -0.690. The van der Waals surface area contributed by atoms with Crippen LogP contribution < -0.4 is 4.72 Å². The highest BCUT2D eigenvalue weighted by molar-refractivity contribution is 7.88. The minimum absolute atomic E-state index is 0.0134. The minimum atomic E-state index is -3.17. The summed E-state index contributed by atoms with van der Waals surface area (Å²) in [6, 6.07) is 4.60. The third-order valence-electron chi connectivity index (χ3n) is 2.92. The zero-order chi connectivity index (χ0) is 14.6. The van der Waals surface area contributed by atoms with Gasteiger partial charge in [-0.2, -0.15) is 0 Å². The summed E-state index contributed by atoms with van der Waals surface area (Å²) in [7, 11) is -1.30. The van der Waals surface area contributed by atoms with Crippen molar-refractivity contribution in [3.63, 3.8) is 0 Å². The molecule has 0 aromatic heterocycles. The first kappa shape index (κ1) is 16.4. The second-order valence-electron chi connectivity index (χ2n) is 4.50. The summed E-state index contributed by atoms with van der Waals surface area (Å²) >= 11 is 5.74. The monoisotopic (exact) mass is 308 g/mol. The van der Waals surface area contributed by atoms with E-state index in [2.05, 4.69) is 4.72 Å². The Balaban J connectivity index is 2.61. The van der Waals surface area contributed by atoms with Gasteiger partial charge < -0.3 is 0 Å². The molecule has 4 nitrogen and oxygen atoms in total. The van der Waals surface area contributed by atoms with E-state index in [1.165, 1.54) is 6.07 Å². The number of likely N-dealkylation sites (N-methyl/N-ethyl adjacent to an activating group) is 1. The van der Waals surface area contributed by atoms with Gasteiger partial charge in [0.25, 0.3) is 0 Å². The number of nitrogens with one attached hydrogen (secondary N) is 1. The van der Waals surface area contributed by atoms with Crippen molar-refractivity contribution in [1.82, 2.24) is 9.62 Å². The molecule has 0 fully saturated rings. The Bertz CT molecular complexity index is 537. The molecular weight excluding hydrogens is 291 g/mol. The predicted molar refractivity (Wildman–Crippen MR) is 75.3 cm³/mol. The Morgan fingerprint density at radius 2 is 2.11 bits per heavy atom. The van der Waals surface area contributed by atoms with E-state index in [9.17, 15) is 12.8 Å². The van der Waals surface area contributed by atoms with E-state index in [1.54, 1.807) is 12.1 Å². The van der Waals surface area contributed by atoms with E-state index in [0.717, 1.165) is 11.8 Å². The van der Waals surface area contributed by atoms with E-state index in [-0.39, 0.29) is 11.1 Å². The standard InChI is InChI=1S/C12H18ClFN2O2S/c1-9(10-4-5-12(14)11(13)8-10)16(2)7-6-15-19(3,17)18/h4-5,8-9,15H,6-7H2,1-3H3/t9-/m1/s1. The summed E-state index contributed by atoms with van der Waals surface area (Å²) < 4.78 is 37.4. The van der Waals surface area contributed by atoms with Crippen LogP contribution in [-0.2, 0) is 10.0 Å². The van der Waals surface area contributed by atoms with Crippen molar-refractivity contribution in [2.75, 3.05) is 26.4 Å². The SMILES string of the molecule is C[C@H](c1ccc(F)c(Cl)c1)N(C)CCNS(C)(=O)=O. The fourth-order valence-corrected chi connectivity index (χ4v) is 2.28. The van der Waals surface area contributed by atoms with Gasteiger partial charge in [0.05, 0.1) is 11.3 Å². The van der Waals surface area contributed by atoms with E-state index >= 15 is 0 Å². The summed E-state index contributed by atoms with van der Waals surface area (Å²) in [6.45, 7) is 2.82. The number of nitrogens with zero attached hydrogens (tertiary/aromatic N) is 1. The van der Waals surface area contributed by atoms with Gasteiger partial charge in [0, 0.05) is 19.1 Å². The lowest BCUT2D eigenvalue weighted by molar-refractivity contribution is 0.266. The number of hydrogen-bond donors (Lipinski definition) is 1.